The predicted octanol–water partition coefficient (Wildman–Crippen LogP) is 3.59. The summed E-state index contributed by atoms with van der Waals surface area (Å²) in [5, 5.41) is 6.32. The molecule has 2 fully saturated rings. The Balaban J connectivity index is 1.69. The topological polar surface area (TPSA) is 41.1 Å². The summed E-state index contributed by atoms with van der Waals surface area (Å²) in [6, 6.07) is 0.892. The number of hydrogen-bond acceptors (Lipinski definition) is 1. The fourth-order valence-corrected chi connectivity index (χ4v) is 3.29. The van der Waals surface area contributed by atoms with Crippen molar-refractivity contribution in [3.63, 3.8) is 0 Å². The highest BCUT2D eigenvalue weighted by Crippen LogP contribution is 2.22. The van der Waals surface area contributed by atoms with Crippen LogP contribution in [0.4, 0.5) is 4.79 Å². The molecule has 18 heavy (non-hydrogen) atoms. The van der Waals surface area contributed by atoms with Crippen LogP contribution in [-0.2, 0) is 0 Å². The quantitative estimate of drug-likeness (QED) is 0.725. The lowest BCUT2D eigenvalue weighted by atomic mass is 9.96. The number of nitrogens with one attached hydrogen (secondary N) is 2. The highest BCUT2D eigenvalue weighted by molar-refractivity contribution is 5.74. The van der Waals surface area contributed by atoms with Crippen molar-refractivity contribution in [2.24, 2.45) is 5.92 Å². The average molecular weight is 252 g/mol. The molecule has 0 spiro atoms. The molecule has 0 aromatic rings. The van der Waals surface area contributed by atoms with E-state index in [1.54, 1.807) is 0 Å². The highest BCUT2D eigenvalue weighted by atomic mass is 16.2. The molecule has 0 aromatic carbocycles. The third-order valence-electron chi connectivity index (χ3n) is 4.53. The second-order valence-electron chi connectivity index (χ2n) is 6.26. The van der Waals surface area contributed by atoms with Crippen LogP contribution in [0.2, 0.25) is 0 Å². The maximum absolute atomic E-state index is 12.0. The molecule has 0 bridgehead atoms. The number of amides is 2. The van der Waals surface area contributed by atoms with Gasteiger partial charge in [0, 0.05) is 12.1 Å². The van der Waals surface area contributed by atoms with Crippen molar-refractivity contribution >= 4 is 6.03 Å². The van der Waals surface area contributed by atoms with Gasteiger partial charge in [-0.05, 0) is 38.0 Å². The maximum Gasteiger partial charge on any atom is 0.315 e. The van der Waals surface area contributed by atoms with Gasteiger partial charge in [-0.2, -0.15) is 0 Å². The summed E-state index contributed by atoms with van der Waals surface area (Å²) in [6.45, 7) is 2.32. The zero-order valence-corrected chi connectivity index (χ0v) is 11.7. The molecule has 2 aliphatic rings. The number of rotatable bonds is 2. The minimum atomic E-state index is 0.0708. The van der Waals surface area contributed by atoms with E-state index in [0.717, 1.165) is 31.6 Å². The average Bonchev–Trinajstić information content (AvgIpc) is 2.56. The Morgan fingerprint density at radius 1 is 0.778 bits per heavy atom. The Morgan fingerprint density at radius 3 is 2.11 bits per heavy atom. The molecule has 0 aromatic heterocycles. The van der Waals surface area contributed by atoms with Gasteiger partial charge in [-0.15, -0.1) is 0 Å². The predicted molar refractivity (Wildman–Crippen MR) is 74.6 cm³/mol. The van der Waals surface area contributed by atoms with E-state index in [1.807, 2.05) is 0 Å². The number of hydrogen-bond donors (Lipinski definition) is 2. The zero-order valence-electron chi connectivity index (χ0n) is 11.7. The summed E-state index contributed by atoms with van der Waals surface area (Å²) in [7, 11) is 0. The largest absolute Gasteiger partial charge is 0.335 e. The minimum absolute atomic E-state index is 0.0708. The summed E-state index contributed by atoms with van der Waals surface area (Å²) >= 11 is 0. The Bertz CT molecular complexity index is 261. The molecule has 3 nitrogen and oxygen atoms in total. The van der Waals surface area contributed by atoms with Crippen LogP contribution >= 0.6 is 0 Å². The van der Waals surface area contributed by atoms with Crippen LogP contribution in [0.5, 0.6) is 0 Å². The summed E-state index contributed by atoms with van der Waals surface area (Å²) in [5.41, 5.74) is 0. The van der Waals surface area contributed by atoms with Crippen molar-refractivity contribution in [3.8, 4) is 0 Å². The lowest BCUT2D eigenvalue weighted by Crippen LogP contribution is -2.46. The first kappa shape index (κ1) is 13.7. The van der Waals surface area contributed by atoms with Crippen LogP contribution in [0.1, 0.15) is 71.1 Å². The maximum atomic E-state index is 12.0. The highest BCUT2D eigenvalue weighted by Gasteiger charge is 2.20. The number of carbonyl (C=O) groups is 1. The fourth-order valence-electron chi connectivity index (χ4n) is 3.29. The first-order chi connectivity index (χ1) is 8.74. The van der Waals surface area contributed by atoms with Gasteiger partial charge in [0.1, 0.15) is 0 Å². The molecule has 2 atom stereocenters. The van der Waals surface area contributed by atoms with E-state index in [0.29, 0.717) is 12.1 Å². The first-order valence-corrected chi connectivity index (χ1v) is 7.81. The van der Waals surface area contributed by atoms with Gasteiger partial charge in [0.2, 0.25) is 0 Å². The van der Waals surface area contributed by atoms with Crippen LogP contribution in [0.3, 0.4) is 0 Å². The summed E-state index contributed by atoms with van der Waals surface area (Å²) in [6.07, 6.45) is 12.3. The van der Waals surface area contributed by atoms with Crippen LogP contribution < -0.4 is 10.6 Å². The summed E-state index contributed by atoms with van der Waals surface area (Å²) in [4.78, 5) is 12.0. The Hall–Kier alpha value is -0.730. The number of carbonyl (C=O) groups excluding carboxylic acids is 1. The van der Waals surface area contributed by atoms with Gasteiger partial charge in [0.25, 0.3) is 0 Å². The molecule has 2 N–H and O–H groups in total. The van der Waals surface area contributed by atoms with E-state index in [2.05, 4.69) is 17.6 Å². The molecule has 0 radical (unpaired) electrons. The van der Waals surface area contributed by atoms with E-state index in [9.17, 15) is 4.79 Å². The van der Waals surface area contributed by atoms with Crippen LogP contribution in [-0.4, -0.2) is 18.1 Å². The van der Waals surface area contributed by atoms with E-state index < -0.39 is 0 Å². The van der Waals surface area contributed by atoms with Crippen LogP contribution in [0.25, 0.3) is 0 Å². The molecule has 2 rings (SSSR count). The lowest BCUT2D eigenvalue weighted by molar-refractivity contribution is 0.227. The number of urea groups is 1. The third kappa shape index (κ3) is 4.51. The smallest absolute Gasteiger partial charge is 0.315 e. The van der Waals surface area contributed by atoms with Gasteiger partial charge in [-0.1, -0.05) is 39.0 Å². The van der Waals surface area contributed by atoms with Gasteiger partial charge >= 0.3 is 6.03 Å². The van der Waals surface area contributed by atoms with E-state index in [1.165, 1.54) is 38.5 Å². The van der Waals surface area contributed by atoms with E-state index in [-0.39, 0.29) is 6.03 Å². The van der Waals surface area contributed by atoms with E-state index >= 15 is 0 Å². The van der Waals surface area contributed by atoms with Crippen molar-refractivity contribution in [1.82, 2.24) is 10.6 Å². The lowest BCUT2D eigenvalue weighted by Gasteiger charge is -2.24. The fraction of sp³-hybridized carbons (Fsp3) is 0.933. The molecule has 0 saturated heterocycles. The second-order valence-corrected chi connectivity index (χ2v) is 6.26. The molecule has 2 amide bonds. The molecule has 104 valence electrons. The normalized spacial score (nSPS) is 30.5. The van der Waals surface area contributed by atoms with Crippen molar-refractivity contribution in [3.05, 3.63) is 0 Å². The van der Waals surface area contributed by atoms with Crippen molar-refractivity contribution in [2.45, 2.75) is 83.2 Å². The van der Waals surface area contributed by atoms with Gasteiger partial charge in [-0.25, -0.2) is 4.79 Å². The molecule has 0 heterocycles. The standard InChI is InChI=1S/C15H28N2O/c1-12-6-5-9-14(11-10-12)17-15(18)16-13-7-3-2-4-8-13/h12-14H,2-11H2,1H3,(H2,16,17,18). The second kappa shape index (κ2) is 7.01. The molecular weight excluding hydrogens is 224 g/mol. The SMILES string of the molecule is CC1CCCC(NC(=O)NC2CCCCC2)CC1. The Kier molecular flexibility index (Phi) is 5.33. The summed E-state index contributed by atoms with van der Waals surface area (Å²) < 4.78 is 0. The Labute approximate surface area is 111 Å². The van der Waals surface area contributed by atoms with Gasteiger partial charge in [-0.3, -0.25) is 0 Å². The van der Waals surface area contributed by atoms with Crippen molar-refractivity contribution in [2.75, 3.05) is 0 Å². The third-order valence-corrected chi connectivity index (χ3v) is 4.53. The van der Waals surface area contributed by atoms with E-state index in [4.69, 9.17) is 0 Å². The van der Waals surface area contributed by atoms with Crippen LogP contribution in [0, 0.1) is 5.92 Å². The zero-order chi connectivity index (χ0) is 12.8. The van der Waals surface area contributed by atoms with Crippen LogP contribution in [0.15, 0.2) is 0 Å². The molecule has 2 aliphatic carbocycles. The van der Waals surface area contributed by atoms with Gasteiger partial charge in [0.05, 0.1) is 0 Å². The molecule has 3 heteroatoms. The Morgan fingerprint density at radius 2 is 1.39 bits per heavy atom. The first-order valence-electron chi connectivity index (χ1n) is 7.81. The minimum Gasteiger partial charge on any atom is -0.335 e. The monoisotopic (exact) mass is 252 g/mol. The molecule has 0 aliphatic heterocycles. The molecular formula is C15H28N2O. The molecule has 2 unspecified atom stereocenters. The van der Waals surface area contributed by atoms with Crippen molar-refractivity contribution in [1.29, 1.82) is 0 Å². The molecule has 2 saturated carbocycles. The summed E-state index contributed by atoms with van der Waals surface area (Å²) in [5.74, 6) is 0.832. The van der Waals surface area contributed by atoms with Crippen molar-refractivity contribution < 1.29 is 4.79 Å². The van der Waals surface area contributed by atoms with Gasteiger partial charge in [0.15, 0.2) is 0 Å². The van der Waals surface area contributed by atoms with Gasteiger partial charge < -0.3 is 10.6 Å².